The molecule has 1 N–H and O–H groups in total. The zero-order valence-corrected chi connectivity index (χ0v) is 14.9. The number of H-pyrrole nitrogens is 1. The molecular weight excluding hydrogens is 350 g/mol. The largest absolute Gasteiger partial charge is 0.493 e. The van der Waals surface area contributed by atoms with Gasteiger partial charge in [0, 0.05) is 21.2 Å². The third-order valence-electron chi connectivity index (χ3n) is 3.50. The highest BCUT2D eigenvalue weighted by Crippen LogP contribution is 2.32. The Balaban J connectivity index is 0.000000183. The first-order chi connectivity index (χ1) is 11.1. The van der Waals surface area contributed by atoms with Crippen LogP contribution in [0, 0.1) is 14.4 Å². The number of methoxy groups -OCH3 is 2. The van der Waals surface area contributed by atoms with E-state index in [0.29, 0.717) is 5.75 Å². The van der Waals surface area contributed by atoms with E-state index < -0.39 is 0 Å². The molecule has 3 nitrogen and oxygen atoms in total. The van der Waals surface area contributed by atoms with Gasteiger partial charge in [0.15, 0.2) is 15.5 Å². The van der Waals surface area contributed by atoms with E-state index in [-0.39, 0.29) is 0 Å². The number of halogens is 1. The minimum Gasteiger partial charge on any atom is -0.493 e. The van der Waals surface area contributed by atoms with Crippen LogP contribution >= 0.6 is 35.2 Å². The van der Waals surface area contributed by atoms with E-state index >= 15 is 0 Å². The van der Waals surface area contributed by atoms with Crippen molar-refractivity contribution in [2.24, 2.45) is 0 Å². The molecule has 0 fully saturated rings. The van der Waals surface area contributed by atoms with Crippen LogP contribution in [0.15, 0.2) is 41.8 Å². The molecule has 2 aliphatic carbocycles. The first-order valence-corrected chi connectivity index (χ1v) is 8.49. The molecule has 1 heterocycles. The maximum absolute atomic E-state index is 5.60. The third kappa shape index (κ3) is 3.27. The lowest BCUT2D eigenvalue weighted by atomic mass is 10.1. The molecule has 2 aliphatic rings. The number of hydrogen-bond donors (Lipinski definition) is 1. The van der Waals surface area contributed by atoms with Crippen molar-refractivity contribution in [1.29, 1.82) is 0 Å². The second-order valence-corrected chi connectivity index (χ2v) is 6.78. The van der Waals surface area contributed by atoms with E-state index in [1.807, 2.05) is 35.7 Å². The topological polar surface area (TPSA) is 34.2 Å². The summed E-state index contributed by atoms with van der Waals surface area (Å²) in [5.41, 5.74) is 2.03. The molecule has 6 heteroatoms. The fourth-order valence-electron chi connectivity index (χ4n) is 2.17. The predicted molar refractivity (Wildman–Crippen MR) is 97.2 cm³/mol. The summed E-state index contributed by atoms with van der Waals surface area (Å²) in [6.07, 6.45) is 0. The minimum absolute atomic E-state index is 0.713. The first-order valence-electron chi connectivity index (χ1n) is 6.82. The van der Waals surface area contributed by atoms with E-state index in [9.17, 15) is 0 Å². The molecule has 1 aromatic heterocycles. The maximum atomic E-state index is 5.60. The molecule has 4 rings (SSSR count). The quantitative estimate of drug-likeness (QED) is 0.493. The molecule has 1 aromatic carbocycles. The van der Waals surface area contributed by atoms with Gasteiger partial charge in [-0.3, -0.25) is 0 Å². The Morgan fingerprint density at radius 2 is 1.83 bits per heavy atom. The molecule has 0 saturated carbocycles. The zero-order chi connectivity index (χ0) is 16.4. The SMILES string of the molecule is COc1ccc(-c2csc(=S)[nH]2)cc1OC.Clc1cc2ccc1=2. The molecule has 0 bridgehead atoms. The summed E-state index contributed by atoms with van der Waals surface area (Å²) in [7, 11) is 3.24. The second-order valence-electron chi connectivity index (χ2n) is 4.83. The van der Waals surface area contributed by atoms with Crippen LogP contribution < -0.4 is 9.47 Å². The van der Waals surface area contributed by atoms with Crippen LogP contribution in [0.2, 0.25) is 5.02 Å². The van der Waals surface area contributed by atoms with Crippen molar-refractivity contribution < 1.29 is 9.47 Å². The first kappa shape index (κ1) is 16.1. The molecular formula is C17H14ClNO2S2. The molecule has 0 atom stereocenters. The number of rotatable bonds is 3. The molecule has 0 aliphatic heterocycles. The lowest BCUT2D eigenvalue weighted by molar-refractivity contribution is 0.355. The van der Waals surface area contributed by atoms with Gasteiger partial charge >= 0.3 is 0 Å². The maximum Gasteiger partial charge on any atom is 0.161 e. The summed E-state index contributed by atoms with van der Waals surface area (Å²) >= 11 is 12.2. The van der Waals surface area contributed by atoms with Crippen molar-refractivity contribution in [3.63, 3.8) is 0 Å². The predicted octanol–water partition coefficient (Wildman–Crippen LogP) is 5.43. The van der Waals surface area contributed by atoms with Crippen LogP contribution in [-0.2, 0) is 0 Å². The van der Waals surface area contributed by atoms with Gasteiger partial charge in [-0.1, -0.05) is 23.7 Å². The average Bonchev–Trinajstić information content (AvgIpc) is 2.98. The van der Waals surface area contributed by atoms with Gasteiger partial charge in [0.1, 0.15) is 0 Å². The van der Waals surface area contributed by atoms with Gasteiger partial charge in [-0.05, 0) is 41.7 Å². The number of ether oxygens (including phenoxy) is 2. The van der Waals surface area contributed by atoms with E-state index in [2.05, 4.69) is 11.1 Å². The third-order valence-corrected chi connectivity index (χ3v) is 4.87. The lowest BCUT2D eigenvalue weighted by Crippen LogP contribution is -1.90. The van der Waals surface area contributed by atoms with Crippen molar-refractivity contribution in [3.8, 4) is 22.8 Å². The van der Waals surface area contributed by atoms with Crippen LogP contribution in [-0.4, -0.2) is 19.2 Å². The highest BCUT2D eigenvalue weighted by molar-refractivity contribution is 7.73. The highest BCUT2D eigenvalue weighted by atomic mass is 35.5. The van der Waals surface area contributed by atoms with Gasteiger partial charge < -0.3 is 14.5 Å². The number of thiazole rings is 1. The molecule has 23 heavy (non-hydrogen) atoms. The van der Waals surface area contributed by atoms with E-state index in [1.54, 1.807) is 14.2 Å². The fourth-order valence-corrected chi connectivity index (χ4v) is 3.30. The van der Waals surface area contributed by atoms with Gasteiger partial charge in [-0.15, -0.1) is 11.3 Å². The standard InChI is InChI=1S/C11H11NO2S2.C6H3Cl/c1-13-9-4-3-7(5-10(9)14-2)8-6-16-11(15)12-8;7-6-3-4-1-2-5(4)6/h3-6H,1-2H3,(H,12,15);1-3H. The van der Waals surface area contributed by atoms with Crippen molar-refractivity contribution in [2.75, 3.05) is 14.2 Å². The number of aromatic nitrogens is 1. The Labute approximate surface area is 147 Å². The Kier molecular flexibility index (Phi) is 4.71. The summed E-state index contributed by atoms with van der Waals surface area (Å²) in [5.74, 6) is 1.44. The van der Waals surface area contributed by atoms with Gasteiger partial charge in [-0.25, -0.2) is 0 Å². The van der Waals surface area contributed by atoms with Crippen molar-refractivity contribution in [2.45, 2.75) is 0 Å². The van der Waals surface area contributed by atoms with E-state index in [0.717, 1.165) is 26.0 Å². The van der Waals surface area contributed by atoms with E-state index in [1.165, 1.54) is 21.8 Å². The number of aromatic amines is 1. The van der Waals surface area contributed by atoms with Crippen LogP contribution in [0.4, 0.5) is 0 Å². The Morgan fingerprint density at radius 1 is 1.04 bits per heavy atom. The molecule has 2 aromatic rings. The molecule has 0 spiro atoms. The smallest absolute Gasteiger partial charge is 0.161 e. The Bertz CT molecular complexity index is 994. The summed E-state index contributed by atoms with van der Waals surface area (Å²) < 4.78 is 11.2. The molecule has 118 valence electrons. The summed E-state index contributed by atoms with van der Waals surface area (Å²) in [5, 5.41) is 5.45. The fraction of sp³-hybridized carbons (Fsp3) is 0.118. The highest BCUT2D eigenvalue weighted by Gasteiger charge is 2.06. The van der Waals surface area contributed by atoms with Crippen LogP contribution in [0.3, 0.4) is 0 Å². The monoisotopic (exact) mass is 363 g/mol. The second kappa shape index (κ2) is 6.74. The normalized spacial score (nSPS) is 10.6. The molecule has 0 saturated heterocycles. The summed E-state index contributed by atoms with van der Waals surface area (Å²) in [6.45, 7) is 0. The van der Waals surface area contributed by atoms with Gasteiger partial charge in [0.25, 0.3) is 0 Å². The van der Waals surface area contributed by atoms with Crippen molar-refractivity contribution in [3.05, 3.63) is 61.2 Å². The Morgan fingerprint density at radius 3 is 2.22 bits per heavy atom. The Hall–Kier alpha value is -1.82. The van der Waals surface area contributed by atoms with Gasteiger partial charge in [0.05, 0.1) is 19.9 Å². The minimum atomic E-state index is 0.713. The van der Waals surface area contributed by atoms with Gasteiger partial charge in [0.2, 0.25) is 0 Å². The molecule has 0 amide bonds. The van der Waals surface area contributed by atoms with Crippen LogP contribution in [0.25, 0.3) is 11.3 Å². The molecule has 0 unspecified atom stereocenters. The number of benzene rings is 2. The van der Waals surface area contributed by atoms with Crippen molar-refractivity contribution >= 4 is 35.2 Å². The van der Waals surface area contributed by atoms with Crippen LogP contribution in [0.1, 0.15) is 0 Å². The summed E-state index contributed by atoms with van der Waals surface area (Å²) in [4.78, 5) is 3.12. The van der Waals surface area contributed by atoms with Crippen LogP contribution in [0.5, 0.6) is 11.5 Å². The number of nitrogens with one attached hydrogen (secondary N) is 1. The van der Waals surface area contributed by atoms with Crippen molar-refractivity contribution in [1.82, 2.24) is 4.98 Å². The average molecular weight is 364 g/mol. The van der Waals surface area contributed by atoms with E-state index in [4.69, 9.17) is 33.3 Å². The lowest BCUT2D eigenvalue weighted by Gasteiger charge is -2.08. The molecule has 0 radical (unpaired) electrons. The van der Waals surface area contributed by atoms with Gasteiger partial charge in [-0.2, -0.15) is 0 Å². The number of hydrogen-bond acceptors (Lipinski definition) is 4. The summed E-state index contributed by atoms with van der Waals surface area (Å²) in [6, 6.07) is 11.8. The zero-order valence-electron chi connectivity index (χ0n) is 12.6.